The van der Waals surface area contributed by atoms with Crippen molar-refractivity contribution in [2.24, 2.45) is 0 Å². The van der Waals surface area contributed by atoms with Crippen LogP contribution in [0, 0.1) is 18.6 Å². The van der Waals surface area contributed by atoms with Gasteiger partial charge in [0.25, 0.3) is 5.92 Å². The molecule has 5 rings (SSSR count). The second kappa shape index (κ2) is 11.1. The molecule has 0 aliphatic carbocycles. The number of anilines is 2. The van der Waals surface area contributed by atoms with Gasteiger partial charge in [-0.15, -0.1) is 0 Å². The summed E-state index contributed by atoms with van der Waals surface area (Å²) in [7, 11) is 1.78. The number of pyridine rings is 1. The number of nitrogen functional groups attached to an aromatic ring is 1. The second-order valence-corrected chi connectivity index (χ2v) is 11.0. The molecule has 2 atom stereocenters. The minimum Gasteiger partial charge on any atom is -0.474 e. The van der Waals surface area contributed by atoms with E-state index in [1.807, 2.05) is 13.8 Å². The molecular formula is C28H35F4N7O2. The van der Waals surface area contributed by atoms with Crippen LogP contribution in [0.2, 0.25) is 0 Å². The molecule has 0 saturated carbocycles. The Bertz CT molecular complexity index is 1460. The van der Waals surface area contributed by atoms with Crippen molar-refractivity contribution in [1.82, 2.24) is 25.2 Å². The molecule has 0 bridgehead atoms. The Labute approximate surface area is 235 Å². The lowest BCUT2D eigenvalue weighted by Gasteiger charge is -2.46. The highest BCUT2D eigenvalue weighted by atomic mass is 19.3. The molecule has 222 valence electrons. The van der Waals surface area contributed by atoms with Gasteiger partial charge in [-0.1, -0.05) is 6.92 Å². The van der Waals surface area contributed by atoms with E-state index in [2.05, 4.69) is 25.6 Å². The normalized spacial score (nSPS) is 20.5. The van der Waals surface area contributed by atoms with Gasteiger partial charge in [-0.05, 0) is 51.4 Å². The number of fused-ring (bicyclic) bond motifs is 2. The van der Waals surface area contributed by atoms with Crippen LogP contribution >= 0.6 is 0 Å². The van der Waals surface area contributed by atoms with E-state index in [1.54, 1.807) is 18.9 Å². The standard InChI is InChI=1S/C28H35F4N7O2/c1-5-16(3)41-25-19-23(21(30)22(36-25)17-10-15(2)11-18(33)20(17)29)37-26(38-24(19)35-8-7-34-4)40-14-27-6-9-39(27)13-28(31,32)12-27/h10-11,16,34H,5-9,12-14,33H2,1-4H3,(H,35,37,38). The molecule has 2 aliphatic rings. The topological polar surface area (TPSA) is 110 Å². The lowest BCUT2D eigenvalue weighted by Crippen LogP contribution is -2.59. The summed E-state index contributed by atoms with van der Waals surface area (Å²) in [5, 5.41) is 6.32. The summed E-state index contributed by atoms with van der Waals surface area (Å²) < 4.78 is 71.8. The van der Waals surface area contributed by atoms with E-state index in [-0.39, 0.29) is 71.2 Å². The number of nitrogens with zero attached hydrogens (tertiary/aromatic N) is 4. The number of hydrogen-bond donors (Lipinski definition) is 3. The molecule has 0 amide bonds. The van der Waals surface area contributed by atoms with Crippen LogP contribution in [-0.4, -0.2) is 77.3 Å². The summed E-state index contributed by atoms with van der Waals surface area (Å²) in [4.78, 5) is 14.9. The second-order valence-electron chi connectivity index (χ2n) is 11.0. The van der Waals surface area contributed by atoms with Gasteiger partial charge in [-0.2, -0.15) is 9.97 Å². The molecule has 2 aromatic heterocycles. The van der Waals surface area contributed by atoms with Crippen LogP contribution < -0.4 is 25.8 Å². The first-order valence-electron chi connectivity index (χ1n) is 13.7. The largest absolute Gasteiger partial charge is 0.474 e. The first kappa shape index (κ1) is 29.1. The van der Waals surface area contributed by atoms with Gasteiger partial charge in [0.05, 0.1) is 23.9 Å². The van der Waals surface area contributed by atoms with Gasteiger partial charge >= 0.3 is 6.01 Å². The van der Waals surface area contributed by atoms with Crippen LogP contribution in [-0.2, 0) is 0 Å². The summed E-state index contributed by atoms with van der Waals surface area (Å²) in [5.41, 5.74) is 4.82. The predicted octanol–water partition coefficient (Wildman–Crippen LogP) is 4.53. The maximum Gasteiger partial charge on any atom is 0.319 e. The fourth-order valence-electron chi connectivity index (χ4n) is 5.39. The maximum atomic E-state index is 16.3. The van der Waals surface area contributed by atoms with Crippen molar-refractivity contribution in [2.45, 2.75) is 57.6 Å². The van der Waals surface area contributed by atoms with E-state index in [1.165, 1.54) is 12.1 Å². The van der Waals surface area contributed by atoms with Crippen LogP contribution in [0.3, 0.4) is 0 Å². The highest BCUT2D eigenvalue weighted by Gasteiger charge is 2.60. The maximum absolute atomic E-state index is 16.3. The van der Waals surface area contributed by atoms with E-state index >= 15 is 8.78 Å². The number of likely N-dealkylation sites (N-methyl/N-ethyl adjacent to an activating group) is 1. The number of nitrogens with one attached hydrogen (secondary N) is 2. The zero-order valence-electron chi connectivity index (χ0n) is 23.6. The molecule has 2 fully saturated rings. The molecule has 2 unspecified atom stereocenters. The average Bonchev–Trinajstić information content (AvgIpc) is 3.10. The minimum absolute atomic E-state index is 0.0166. The average molecular weight is 578 g/mol. The molecule has 2 saturated heterocycles. The number of rotatable bonds is 11. The van der Waals surface area contributed by atoms with E-state index in [9.17, 15) is 8.78 Å². The van der Waals surface area contributed by atoms with E-state index in [0.29, 0.717) is 38.0 Å². The Kier molecular flexibility index (Phi) is 7.86. The number of aromatic nitrogens is 3. The molecule has 9 nitrogen and oxygen atoms in total. The number of alkyl halides is 2. The molecule has 13 heteroatoms. The molecule has 4 N–H and O–H groups in total. The van der Waals surface area contributed by atoms with Gasteiger partial charge in [0.15, 0.2) is 11.6 Å². The fourth-order valence-corrected chi connectivity index (χ4v) is 5.39. The Morgan fingerprint density at radius 1 is 1.15 bits per heavy atom. The first-order chi connectivity index (χ1) is 19.5. The summed E-state index contributed by atoms with van der Waals surface area (Å²) in [6, 6.07) is 2.70. The third-order valence-electron chi connectivity index (χ3n) is 7.78. The molecule has 41 heavy (non-hydrogen) atoms. The molecule has 2 aliphatic heterocycles. The van der Waals surface area contributed by atoms with Crippen molar-refractivity contribution in [3.8, 4) is 23.1 Å². The van der Waals surface area contributed by atoms with E-state index in [0.717, 1.165) is 0 Å². The third-order valence-corrected chi connectivity index (χ3v) is 7.78. The highest BCUT2D eigenvalue weighted by Crippen LogP contribution is 2.47. The molecule has 4 heterocycles. The Balaban J connectivity index is 1.65. The van der Waals surface area contributed by atoms with Crippen molar-refractivity contribution in [1.29, 1.82) is 0 Å². The number of halogens is 4. The molecule has 1 aromatic carbocycles. The number of aryl methyl sites for hydroxylation is 1. The lowest BCUT2D eigenvalue weighted by molar-refractivity contribution is -0.0132. The van der Waals surface area contributed by atoms with Crippen LogP contribution in [0.25, 0.3) is 22.2 Å². The smallest absolute Gasteiger partial charge is 0.319 e. The SMILES string of the molecule is CCC(C)Oc1nc(-c2cc(C)cc(N)c2F)c(F)c2nc(OCC34CCN3CC(F)(F)C4)nc(NCCNC)c12. The van der Waals surface area contributed by atoms with Gasteiger partial charge in [0.1, 0.15) is 29.0 Å². The summed E-state index contributed by atoms with van der Waals surface area (Å²) >= 11 is 0. The fraction of sp³-hybridized carbons (Fsp3) is 0.536. The first-order valence-corrected chi connectivity index (χ1v) is 13.7. The summed E-state index contributed by atoms with van der Waals surface area (Å²) in [6.45, 7) is 6.57. The molecular weight excluding hydrogens is 542 g/mol. The Morgan fingerprint density at radius 3 is 2.59 bits per heavy atom. The molecule has 0 spiro atoms. The van der Waals surface area contributed by atoms with Crippen molar-refractivity contribution >= 4 is 22.4 Å². The monoisotopic (exact) mass is 577 g/mol. The van der Waals surface area contributed by atoms with Crippen LogP contribution in [0.1, 0.15) is 38.7 Å². The Morgan fingerprint density at radius 2 is 1.93 bits per heavy atom. The molecule has 3 aromatic rings. The van der Waals surface area contributed by atoms with Crippen molar-refractivity contribution in [3.63, 3.8) is 0 Å². The van der Waals surface area contributed by atoms with Crippen LogP contribution in [0.15, 0.2) is 12.1 Å². The van der Waals surface area contributed by atoms with Gasteiger partial charge < -0.3 is 25.8 Å². The number of ether oxygens (including phenoxy) is 2. The van der Waals surface area contributed by atoms with Crippen molar-refractivity contribution < 1.29 is 27.0 Å². The van der Waals surface area contributed by atoms with Gasteiger partial charge in [-0.25, -0.2) is 22.5 Å². The lowest BCUT2D eigenvalue weighted by atomic mass is 9.85. The summed E-state index contributed by atoms with van der Waals surface area (Å²) in [6.07, 6.45) is 0.525. The van der Waals surface area contributed by atoms with E-state index in [4.69, 9.17) is 15.2 Å². The van der Waals surface area contributed by atoms with Crippen molar-refractivity contribution in [2.75, 3.05) is 50.9 Å². The highest BCUT2D eigenvalue weighted by molar-refractivity contribution is 5.96. The van der Waals surface area contributed by atoms with Gasteiger partial charge in [-0.3, -0.25) is 4.90 Å². The quantitative estimate of drug-likeness (QED) is 0.172. The number of hydrogen-bond acceptors (Lipinski definition) is 9. The molecule has 0 radical (unpaired) electrons. The predicted molar refractivity (Wildman–Crippen MR) is 149 cm³/mol. The van der Waals surface area contributed by atoms with Crippen molar-refractivity contribution in [3.05, 3.63) is 29.3 Å². The van der Waals surface area contributed by atoms with Crippen LogP contribution in [0.5, 0.6) is 11.9 Å². The van der Waals surface area contributed by atoms with Crippen LogP contribution in [0.4, 0.5) is 29.1 Å². The zero-order valence-corrected chi connectivity index (χ0v) is 23.6. The zero-order chi connectivity index (χ0) is 29.5. The van der Waals surface area contributed by atoms with Gasteiger partial charge in [0.2, 0.25) is 5.88 Å². The summed E-state index contributed by atoms with van der Waals surface area (Å²) in [5.74, 6) is -4.33. The third kappa shape index (κ3) is 5.56. The van der Waals surface area contributed by atoms with E-state index < -0.39 is 23.1 Å². The minimum atomic E-state index is -2.81. The van der Waals surface area contributed by atoms with Gasteiger partial charge in [0, 0.05) is 31.6 Å². The Hall–Kier alpha value is -3.45. The number of benzene rings is 1. The number of nitrogens with two attached hydrogens (primary N) is 1.